The summed E-state index contributed by atoms with van der Waals surface area (Å²) < 4.78 is 39.9. The molecule has 3 rings (SSSR count). The third-order valence-corrected chi connectivity index (χ3v) is 4.43. The Morgan fingerprint density at radius 1 is 1.19 bits per heavy atom. The summed E-state index contributed by atoms with van der Waals surface area (Å²) in [5.74, 6) is 0.189. The summed E-state index contributed by atoms with van der Waals surface area (Å²) >= 11 is 0. The van der Waals surface area contributed by atoms with Crippen LogP contribution >= 0.6 is 0 Å². The van der Waals surface area contributed by atoms with Crippen molar-refractivity contribution in [2.24, 2.45) is 0 Å². The van der Waals surface area contributed by atoms with Gasteiger partial charge in [-0.25, -0.2) is 22.8 Å². The van der Waals surface area contributed by atoms with Crippen LogP contribution in [0.3, 0.4) is 0 Å². The molecule has 0 aliphatic heterocycles. The Morgan fingerprint density at radius 3 is 2.48 bits per heavy atom. The number of nitrogens with zero attached hydrogens (tertiary/aromatic N) is 2. The molecule has 0 atom stereocenters. The van der Waals surface area contributed by atoms with Crippen molar-refractivity contribution in [3.63, 3.8) is 0 Å². The summed E-state index contributed by atoms with van der Waals surface area (Å²) in [6.45, 7) is 0. The van der Waals surface area contributed by atoms with Crippen LogP contribution in [0.1, 0.15) is 30.1 Å². The lowest BCUT2D eigenvalue weighted by Crippen LogP contribution is -2.16. The average molecular weight is 307 g/mol. The molecule has 21 heavy (non-hydrogen) atoms. The zero-order valence-corrected chi connectivity index (χ0v) is 12.0. The molecule has 0 amide bonds. The van der Waals surface area contributed by atoms with E-state index in [9.17, 15) is 12.8 Å². The maximum Gasteiger partial charge on any atom is 0.237 e. The first-order valence-electron chi connectivity index (χ1n) is 6.59. The number of halogens is 1. The fourth-order valence-electron chi connectivity index (χ4n) is 1.98. The van der Waals surface area contributed by atoms with Crippen molar-refractivity contribution in [3.05, 3.63) is 53.9 Å². The Labute approximate surface area is 122 Å². The highest BCUT2D eigenvalue weighted by Gasteiger charge is 2.26. The van der Waals surface area contributed by atoms with Crippen molar-refractivity contribution >= 4 is 15.7 Å². The van der Waals surface area contributed by atoms with Gasteiger partial charge in [-0.1, -0.05) is 18.2 Å². The molecule has 1 aromatic heterocycles. The first-order chi connectivity index (χ1) is 10.0. The van der Waals surface area contributed by atoms with Crippen LogP contribution in [0.5, 0.6) is 0 Å². The van der Waals surface area contributed by atoms with E-state index in [-0.39, 0.29) is 11.3 Å². The van der Waals surface area contributed by atoms with E-state index in [1.165, 1.54) is 30.6 Å². The van der Waals surface area contributed by atoms with Crippen molar-refractivity contribution in [1.82, 2.24) is 9.97 Å². The topological polar surface area (TPSA) is 72.0 Å². The Kier molecular flexibility index (Phi) is 3.59. The predicted octanol–water partition coefficient (Wildman–Crippen LogP) is 2.44. The first kappa shape index (κ1) is 13.9. The van der Waals surface area contributed by atoms with Crippen molar-refractivity contribution in [1.29, 1.82) is 0 Å². The number of sulfonamides is 1. The molecule has 0 saturated heterocycles. The number of hydrogen-bond acceptors (Lipinski definition) is 4. The van der Waals surface area contributed by atoms with Gasteiger partial charge in [0.15, 0.2) is 0 Å². The molecule has 1 saturated carbocycles. The molecule has 0 bridgehead atoms. The van der Waals surface area contributed by atoms with Crippen LogP contribution in [0.2, 0.25) is 0 Å². The third kappa shape index (κ3) is 3.55. The highest BCUT2D eigenvalue weighted by molar-refractivity contribution is 7.91. The highest BCUT2D eigenvalue weighted by Crippen LogP contribution is 2.37. The van der Waals surface area contributed by atoms with E-state index >= 15 is 0 Å². The second-order valence-corrected chi connectivity index (χ2v) is 6.78. The van der Waals surface area contributed by atoms with Crippen LogP contribution in [0.25, 0.3) is 0 Å². The second-order valence-electron chi connectivity index (χ2n) is 5.06. The third-order valence-electron chi connectivity index (χ3n) is 3.19. The molecule has 2 aromatic rings. The molecule has 1 aromatic carbocycles. The normalized spacial score (nSPS) is 14.9. The van der Waals surface area contributed by atoms with Gasteiger partial charge in [0.25, 0.3) is 0 Å². The maximum absolute atomic E-state index is 13.5. The molecule has 1 N–H and O–H groups in total. The summed E-state index contributed by atoms with van der Waals surface area (Å²) in [5.41, 5.74) is 0.413. The van der Waals surface area contributed by atoms with E-state index in [1.807, 2.05) is 0 Å². The van der Waals surface area contributed by atoms with Crippen molar-refractivity contribution in [2.45, 2.75) is 24.5 Å². The van der Waals surface area contributed by atoms with Crippen molar-refractivity contribution < 1.29 is 12.8 Å². The standard InChI is InChI=1S/C14H14FN3O2S/c15-13-4-2-1-3-11(13)9-21(19,20)18-12-7-16-14(17-8-12)10-5-6-10/h1-4,7-8,10,18H,5-6,9H2. The van der Waals surface area contributed by atoms with Gasteiger partial charge < -0.3 is 0 Å². The largest absolute Gasteiger partial charge is 0.280 e. The van der Waals surface area contributed by atoms with Gasteiger partial charge in [-0.3, -0.25) is 4.72 Å². The second kappa shape index (κ2) is 5.40. The number of nitrogens with one attached hydrogen (secondary N) is 1. The molecule has 1 fully saturated rings. The summed E-state index contributed by atoms with van der Waals surface area (Å²) in [7, 11) is -3.70. The van der Waals surface area contributed by atoms with E-state index in [4.69, 9.17) is 0 Å². The van der Waals surface area contributed by atoms with E-state index in [2.05, 4.69) is 14.7 Å². The number of anilines is 1. The molecule has 110 valence electrons. The lowest BCUT2D eigenvalue weighted by atomic mass is 10.2. The summed E-state index contributed by atoms with van der Waals surface area (Å²) in [6, 6.07) is 5.80. The SMILES string of the molecule is O=S(=O)(Cc1ccccc1F)Nc1cnc(C2CC2)nc1. The van der Waals surface area contributed by atoms with Crippen LogP contribution in [0.4, 0.5) is 10.1 Å². The molecule has 7 heteroatoms. The molecule has 5 nitrogen and oxygen atoms in total. The number of rotatable bonds is 5. The predicted molar refractivity (Wildman–Crippen MR) is 76.7 cm³/mol. The first-order valence-corrected chi connectivity index (χ1v) is 8.24. The maximum atomic E-state index is 13.5. The number of benzene rings is 1. The summed E-state index contributed by atoms with van der Waals surface area (Å²) in [5, 5.41) is 0. The summed E-state index contributed by atoms with van der Waals surface area (Å²) in [4.78, 5) is 8.27. The van der Waals surface area contributed by atoms with Crippen LogP contribution in [0.15, 0.2) is 36.7 Å². The highest BCUT2D eigenvalue weighted by atomic mass is 32.2. The molecular formula is C14H14FN3O2S. The van der Waals surface area contributed by atoms with Crippen LogP contribution in [-0.4, -0.2) is 18.4 Å². The van der Waals surface area contributed by atoms with E-state index < -0.39 is 21.6 Å². The minimum Gasteiger partial charge on any atom is -0.280 e. The fourth-order valence-corrected chi connectivity index (χ4v) is 3.16. The van der Waals surface area contributed by atoms with Gasteiger partial charge in [-0.15, -0.1) is 0 Å². The molecule has 1 aliphatic carbocycles. The van der Waals surface area contributed by atoms with Gasteiger partial charge in [0, 0.05) is 11.5 Å². The van der Waals surface area contributed by atoms with Gasteiger partial charge in [0.1, 0.15) is 11.6 Å². The Balaban J connectivity index is 1.72. The Hall–Kier alpha value is -2.02. The quantitative estimate of drug-likeness (QED) is 0.921. The van der Waals surface area contributed by atoms with Crippen LogP contribution in [-0.2, 0) is 15.8 Å². The molecule has 0 radical (unpaired) electrons. The van der Waals surface area contributed by atoms with Gasteiger partial charge >= 0.3 is 0 Å². The monoisotopic (exact) mass is 307 g/mol. The van der Waals surface area contributed by atoms with E-state index in [0.29, 0.717) is 5.92 Å². The Morgan fingerprint density at radius 2 is 1.86 bits per heavy atom. The van der Waals surface area contributed by atoms with Crippen LogP contribution in [0, 0.1) is 5.82 Å². The van der Waals surface area contributed by atoms with Crippen molar-refractivity contribution in [2.75, 3.05) is 4.72 Å². The van der Waals surface area contributed by atoms with Gasteiger partial charge in [0.2, 0.25) is 10.0 Å². The molecule has 0 unspecified atom stereocenters. The molecular weight excluding hydrogens is 293 g/mol. The Bertz CT molecular complexity index is 743. The molecule has 1 heterocycles. The summed E-state index contributed by atoms with van der Waals surface area (Å²) in [6.07, 6.45) is 5.05. The van der Waals surface area contributed by atoms with Crippen molar-refractivity contribution in [3.8, 4) is 0 Å². The zero-order chi connectivity index (χ0) is 14.9. The fraction of sp³-hybridized carbons (Fsp3) is 0.286. The average Bonchev–Trinajstić information content (AvgIpc) is 3.26. The van der Waals surface area contributed by atoms with Crippen LogP contribution < -0.4 is 4.72 Å². The lowest BCUT2D eigenvalue weighted by Gasteiger charge is -2.08. The smallest absolute Gasteiger partial charge is 0.237 e. The van der Waals surface area contributed by atoms with Gasteiger partial charge in [-0.2, -0.15) is 0 Å². The van der Waals surface area contributed by atoms with Gasteiger partial charge in [0.05, 0.1) is 23.8 Å². The molecule has 1 aliphatic rings. The number of aromatic nitrogens is 2. The molecule has 0 spiro atoms. The van der Waals surface area contributed by atoms with E-state index in [0.717, 1.165) is 18.7 Å². The number of hydrogen-bond donors (Lipinski definition) is 1. The van der Waals surface area contributed by atoms with E-state index in [1.54, 1.807) is 6.07 Å². The lowest BCUT2D eigenvalue weighted by molar-refractivity contribution is 0.591. The minimum absolute atomic E-state index is 0.125. The van der Waals surface area contributed by atoms with Gasteiger partial charge in [-0.05, 0) is 18.9 Å². The minimum atomic E-state index is -3.70. The zero-order valence-electron chi connectivity index (χ0n) is 11.2.